The van der Waals surface area contributed by atoms with E-state index in [2.05, 4.69) is 5.32 Å². The van der Waals surface area contributed by atoms with Crippen molar-refractivity contribution in [2.24, 2.45) is 11.8 Å². The molecule has 2 amide bonds. The molecule has 7 nitrogen and oxygen atoms in total. The van der Waals surface area contributed by atoms with Gasteiger partial charge in [-0.05, 0) is 43.9 Å². The smallest absolute Gasteiger partial charge is 0.335 e. The number of hydrogen-bond acceptors (Lipinski definition) is 5. The number of carbonyl (C=O) groups excluding carboxylic acids is 2. The molecule has 2 N–H and O–H groups in total. The Morgan fingerprint density at radius 1 is 1.19 bits per heavy atom. The van der Waals surface area contributed by atoms with E-state index in [4.69, 9.17) is 4.74 Å². The summed E-state index contributed by atoms with van der Waals surface area (Å²) in [6.07, 6.45) is 6.99. The molecule has 7 heteroatoms. The maximum absolute atomic E-state index is 12.9. The lowest BCUT2D eigenvalue weighted by molar-refractivity contribution is -0.122. The third kappa shape index (κ3) is 3.23. The number of imide groups is 1. The average molecular weight is 370 g/mol. The molecule has 3 aliphatic rings. The van der Waals surface area contributed by atoms with Crippen LogP contribution in [-0.2, 0) is 14.3 Å². The monoisotopic (exact) mass is 370 g/mol. The van der Waals surface area contributed by atoms with Gasteiger partial charge in [0.25, 0.3) is 0 Å². The lowest BCUT2D eigenvalue weighted by Crippen LogP contribution is -2.32. The number of aromatic carboxylic acids is 1. The molecule has 0 saturated carbocycles. The summed E-state index contributed by atoms with van der Waals surface area (Å²) in [5.41, 5.74) is 0.933. The molecular weight excluding hydrogens is 348 g/mol. The molecule has 3 unspecified atom stereocenters. The number of nitrogens with one attached hydrogen (secondary N) is 1. The molecule has 2 fully saturated rings. The van der Waals surface area contributed by atoms with Crippen molar-refractivity contribution in [2.45, 2.75) is 31.8 Å². The number of carbonyl (C=O) groups is 3. The lowest BCUT2D eigenvalue weighted by atomic mass is 9.85. The van der Waals surface area contributed by atoms with Gasteiger partial charge >= 0.3 is 5.97 Å². The van der Waals surface area contributed by atoms with E-state index in [0.717, 1.165) is 19.4 Å². The zero-order chi connectivity index (χ0) is 19.0. The van der Waals surface area contributed by atoms with Crippen molar-refractivity contribution in [1.82, 2.24) is 0 Å². The summed E-state index contributed by atoms with van der Waals surface area (Å²) in [5.74, 6) is -2.32. The second kappa shape index (κ2) is 7.15. The van der Waals surface area contributed by atoms with Gasteiger partial charge in [-0.3, -0.25) is 9.59 Å². The summed E-state index contributed by atoms with van der Waals surface area (Å²) < 4.78 is 5.61. The third-order valence-corrected chi connectivity index (χ3v) is 5.54. The highest BCUT2D eigenvalue weighted by Gasteiger charge is 2.48. The third-order valence-electron chi connectivity index (χ3n) is 5.54. The largest absolute Gasteiger partial charge is 0.478 e. The number of fused-ring (bicyclic) bond motifs is 1. The van der Waals surface area contributed by atoms with Crippen LogP contribution < -0.4 is 10.2 Å². The summed E-state index contributed by atoms with van der Waals surface area (Å²) in [5, 5.41) is 12.6. The van der Waals surface area contributed by atoms with Crippen LogP contribution in [-0.4, -0.2) is 42.1 Å². The van der Waals surface area contributed by atoms with Gasteiger partial charge in [-0.1, -0.05) is 12.2 Å². The van der Waals surface area contributed by atoms with Gasteiger partial charge in [0.15, 0.2) is 0 Å². The Labute approximate surface area is 157 Å². The number of amides is 2. The predicted molar refractivity (Wildman–Crippen MR) is 98.7 cm³/mol. The Hall–Kier alpha value is -2.67. The quantitative estimate of drug-likeness (QED) is 0.610. The van der Waals surface area contributed by atoms with Crippen LogP contribution in [0.5, 0.6) is 0 Å². The molecule has 2 heterocycles. The number of rotatable bonds is 5. The standard InChI is InChI=1S/C20H22N2O5/c23-18-14-5-1-2-6-15(14)19(24)22(18)17-10-12(20(25)26)7-8-16(17)21-11-13-4-3-9-27-13/h1-2,7-8,10,13-15,21H,3-6,9,11H2,(H,25,26). The fraction of sp³-hybridized carbons (Fsp3) is 0.450. The molecule has 1 aromatic carbocycles. The Kier molecular flexibility index (Phi) is 4.70. The van der Waals surface area contributed by atoms with Gasteiger partial charge in [0.2, 0.25) is 11.8 Å². The topological polar surface area (TPSA) is 95.9 Å². The SMILES string of the molecule is O=C(O)c1ccc(NCC2CCCO2)c(N2C(=O)C3CC=CCC3C2=O)c1. The van der Waals surface area contributed by atoms with Crippen LogP contribution >= 0.6 is 0 Å². The van der Waals surface area contributed by atoms with Gasteiger partial charge in [-0.25, -0.2) is 9.69 Å². The van der Waals surface area contributed by atoms with Crippen LogP contribution in [0.2, 0.25) is 0 Å². The van der Waals surface area contributed by atoms with Crippen molar-refractivity contribution in [3.63, 3.8) is 0 Å². The van der Waals surface area contributed by atoms with Crippen molar-refractivity contribution >= 4 is 29.2 Å². The Morgan fingerprint density at radius 3 is 2.48 bits per heavy atom. The predicted octanol–water partition coefficient (Wildman–Crippen LogP) is 2.43. The van der Waals surface area contributed by atoms with Gasteiger partial charge in [0.05, 0.1) is 34.9 Å². The second-order valence-electron chi connectivity index (χ2n) is 7.22. The fourth-order valence-electron chi connectivity index (χ4n) is 4.07. The maximum Gasteiger partial charge on any atom is 0.335 e. The molecule has 142 valence electrons. The first-order valence-corrected chi connectivity index (χ1v) is 9.32. The van der Waals surface area contributed by atoms with Crippen LogP contribution in [0.4, 0.5) is 11.4 Å². The number of ether oxygens (including phenoxy) is 1. The Morgan fingerprint density at radius 2 is 1.89 bits per heavy atom. The summed E-state index contributed by atoms with van der Waals surface area (Å²) >= 11 is 0. The van der Waals surface area contributed by atoms with Crippen molar-refractivity contribution in [3.05, 3.63) is 35.9 Å². The summed E-state index contributed by atoms with van der Waals surface area (Å²) in [6, 6.07) is 4.50. The van der Waals surface area contributed by atoms with E-state index in [-0.39, 0.29) is 35.3 Å². The molecule has 0 aromatic heterocycles. The maximum atomic E-state index is 12.9. The molecule has 0 bridgehead atoms. The number of carboxylic acids is 1. The van der Waals surface area contributed by atoms with Gasteiger partial charge in [-0.15, -0.1) is 0 Å². The summed E-state index contributed by atoms with van der Waals surface area (Å²) in [7, 11) is 0. The lowest BCUT2D eigenvalue weighted by Gasteiger charge is -2.21. The zero-order valence-corrected chi connectivity index (χ0v) is 14.9. The van der Waals surface area contributed by atoms with E-state index in [1.54, 1.807) is 6.07 Å². The molecule has 1 aromatic rings. The van der Waals surface area contributed by atoms with E-state index >= 15 is 0 Å². The Balaban J connectivity index is 1.66. The van der Waals surface area contributed by atoms with Gasteiger partial charge in [0, 0.05) is 13.2 Å². The highest BCUT2D eigenvalue weighted by molar-refractivity contribution is 6.23. The van der Waals surface area contributed by atoms with Crippen LogP contribution in [0.15, 0.2) is 30.4 Å². The molecule has 0 spiro atoms. The minimum atomic E-state index is -1.10. The summed E-state index contributed by atoms with van der Waals surface area (Å²) in [6.45, 7) is 1.28. The first-order chi connectivity index (χ1) is 13.1. The fourth-order valence-corrected chi connectivity index (χ4v) is 4.07. The van der Waals surface area contributed by atoms with Crippen LogP contribution in [0, 0.1) is 11.8 Å². The number of hydrogen-bond donors (Lipinski definition) is 2. The van der Waals surface area contributed by atoms with Gasteiger partial charge in [-0.2, -0.15) is 0 Å². The number of benzene rings is 1. The van der Waals surface area contributed by atoms with Gasteiger partial charge in [0.1, 0.15) is 0 Å². The van der Waals surface area contributed by atoms with Crippen molar-refractivity contribution in [2.75, 3.05) is 23.4 Å². The van der Waals surface area contributed by atoms with E-state index < -0.39 is 5.97 Å². The average Bonchev–Trinajstić information content (AvgIpc) is 3.28. The molecule has 2 aliphatic heterocycles. The van der Waals surface area contributed by atoms with Crippen LogP contribution in [0.1, 0.15) is 36.0 Å². The first-order valence-electron chi connectivity index (χ1n) is 9.32. The molecule has 3 atom stereocenters. The molecular formula is C20H22N2O5. The highest BCUT2D eigenvalue weighted by atomic mass is 16.5. The number of allylic oxidation sites excluding steroid dienone is 2. The molecule has 0 radical (unpaired) electrons. The first kappa shape index (κ1) is 17.7. The molecule has 1 aliphatic carbocycles. The number of anilines is 2. The number of carboxylic acid groups (broad SMARTS) is 1. The second-order valence-corrected chi connectivity index (χ2v) is 7.22. The molecule has 4 rings (SSSR count). The van der Waals surface area contributed by atoms with Crippen molar-refractivity contribution in [3.8, 4) is 0 Å². The Bertz CT molecular complexity index is 787. The number of nitrogens with zero attached hydrogens (tertiary/aromatic N) is 1. The van der Waals surface area contributed by atoms with Crippen molar-refractivity contribution in [1.29, 1.82) is 0 Å². The van der Waals surface area contributed by atoms with E-state index in [1.807, 2.05) is 12.2 Å². The molecule has 2 saturated heterocycles. The van der Waals surface area contributed by atoms with E-state index in [1.165, 1.54) is 17.0 Å². The van der Waals surface area contributed by atoms with Crippen molar-refractivity contribution < 1.29 is 24.2 Å². The highest BCUT2D eigenvalue weighted by Crippen LogP contribution is 2.40. The molecule has 27 heavy (non-hydrogen) atoms. The minimum Gasteiger partial charge on any atom is -0.478 e. The van der Waals surface area contributed by atoms with E-state index in [0.29, 0.717) is 30.8 Å². The zero-order valence-electron chi connectivity index (χ0n) is 14.9. The van der Waals surface area contributed by atoms with Crippen LogP contribution in [0.25, 0.3) is 0 Å². The van der Waals surface area contributed by atoms with Crippen LogP contribution in [0.3, 0.4) is 0 Å². The minimum absolute atomic E-state index is 0.0428. The van der Waals surface area contributed by atoms with Gasteiger partial charge < -0.3 is 15.2 Å². The summed E-state index contributed by atoms with van der Waals surface area (Å²) in [4.78, 5) is 38.4. The van der Waals surface area contributed by atoms with E-state index in [9.17, 15) is 19.5 Å². The normalized spacial score (nSPS) is 27.1.